The molecule has 0 radical (unpaired) electrons. The van der Waals surface area contributed by atoms with Crippen molar-refractivity contribution < 1.29 is 5.11 Å². The van der Waals surface area contributed by atoms with Gasteiger partial charge in [0, 0.05) is 6.04 Å². The van der Waals surface area contributed by atoms with Crippen molar-refractivity contribution in [2.24, 2.45) is 10.7 Å². The first-order valence-corrected chi connectivity index (χ1v) is 6.00. The van der Waals surface area contributed by atoms with Crippen LogP contribution in [0.1, 0.15) is 25.3 Å². The van der Waals surface area contributed by atoms with Gasteiger partial charge in [-0.2, -0.15) is 0 Å². The van der Waals surface area contributed by atoms with E-state index in [-0.39, 0.29) is 5.54 Å². The molecule has 1 fully saturated rings. The van der Waals surface area contributed by atoms with Gasteiger partial charge in [-0.25, -0.2) is 0 Å². The summed E-state index contributed by atoms with van der Waals surface area (Å²) in [6, 6.07) is 7.92. The van der Waals surface area contributed by atoms with Crippen LogP contribution in [0.25, 0.3) is 0 Å². The SMILES string of the molecule is CC1(c2cccc(O)c2)CN=C(N)N1C1CC1. The molecule has 1 unspecified atom stereocenters. The molecule has 1 aliphatic heterocycles. The number of aromatic hydroxyl groups is 1. The Morgan fingerprint density at radius 1 is 1.47 bits per heavy atom. The van der Waals surface area contributed by atoms with Gasteiger partial charge in [0.2, 0.25) is 0 Å². The van der Waals surface area contributed by atoms with E-state index in [1.165, 1.54) is 12.8 Å². The molecule has 4 nitrogen and oxygen atoms in total. The topological polar surface area (TPSA) is 61.9 Å². The van der Waals surface area contributed by atoms with Crippen LogP contribution >= 0.6 is 0 Å². The summed E-state index contributed by atoms with van der Waals surface area (Å²) in [5.41, 5.74) is 6.86. The number of hydrogen-bond donors (Lipinski definition) is 2. The summed E-state index contributed by atoms with van der Waals surface area (Å²) in [4.78, 5) is 6.59. The standard InChI is InChI=1S/C13H17N3O/c1-13(9-3-2-4-11(17)7-9)8-15-12(14)16(13)10-5-6-10/h2-4,7,10,17H,5-6,8H2,1H3,(H2,14,15). The molecule has 90 valence electrons. The van der Waals surface area contributed by atoms with Crippen LogP contribution in [0.3, 0.4) is 0 Å². The van der Waals surface area contributed by atoms with Gasteiger partial charge in [0.05, 0.1) is 12.1 Å². The minimum atomic E-state index is -0.204. The van der Waals surface area contributed by atoms with Crippen LogP contribution < -0.4 is 5.73 Å². The number of phenols is 1. The van der Waals surface area contributed by atoms with Gasteiger partial charge in [0.15, 0.2) is 5.96 Å². The second-order valence-electron chi connectivity index (χ2n) is 5.10. The van der Waals surface area contributed by atoms with E-state index in [0.29, 0.717) is 24.3 Å². The Bertz CT molecular complexity index is 481. The summed E-state index contributed by atoms with van der Waals surface area (Å²) in [5.74, 6) is 0.934. The summed E-state index contributed by atoms with van der Waals surface area (Å²) in [6.45, 7) is 2.81. The van der Waals surface area contributed by atoms with Crippen molar-refractivity contribution in [3.63, 3.8) is 0 Å². The first-order valence-electron chi connectivity index (χ1n) is 6.00. The highest BCUT2D eigenvalue weighted by Crippen LogP contribution is 2.41. The Hall–Kier alpha value is -1.71. The first-order chi connectivity index (χ1) is 8.11. The fraction of sp³-hybridized carbons (Fsp3) is 0.462. The smallest absolute Gasteiger partial charge is 0.192 e. The molecule has 0 amide bonds. The predicted octanol–water partition coefficient (Wildman–Crippen LogP) is 1.40. The molecule has 17 heavy (non-hydrogen) atoms. The largest absolute Gasteiger partial charge is 0.508 e. The van der Waals surface area contributed by atoms with Crippen molar-refractivity contribution in [2.45, 2.75) is 31.3 Å². The van der Waals surface area contributed by atoms with Gasteiger partial charge in [0.25, 0.3) is 0 Å². The molecule has 3 rings (SSSR count). The molecule has 1 atom stereocenters. The molecule has 0 saturated heterocycles. The van der Waals surface area contributed by atoms with Gasteiger partial charge in [-0.15, -0.1) is 0 Å². The van der Waals surface area contributed by atoms with E-state index in [9.17, 15) is 5.11 Å². The van der Waals surface area contributed by atoms with Crippen LogP contribution in [0.15, 0.2) is 29.3 Å². The van der Waals surface area contributed by atoms with Crippen molar-refractivity contribution in [1.82, 2.24) is 4.90 Å². The summed E-state index contributed by atoms with van der Waals surface area (Å²) in [6.07, 6.45) is 2.37. The predicted molar refractivity (Wildman–Crippen MR) is 66.8 cm³/mol. The van der Waals surface area contributed by atoms with Crippen molar-refractivity contribution in [3.05, 3.63) is 29.8 Å². The summed E-state index contributed by atoms with van der Waals surface area (Å²) < 4.78 is 0. The second-order valence-corrected chi connectivity index (χ2v) is 5.10. The van der Waals surface area contributed by atoms with Gasteiger partial charge in [-0.3, -0.25) is 4.99 Å². The maximum atomic E-state index is 9.61. The first kappa shape index (κ1) is 10.4. The van der Waals surface area contributed by atoms with Crippen LogP contribution in [0.4, 0.5) is 0 Å². The van der Waals surface area contributed by atoms with Gasteiger partial charge in [-0.05, 0) is 37.5 Å². The van der Waals surface area contributed by atoms with Gasteiger partial charge >= 0.3 is 0 Å². The van der Waals surface area contributed by atoms with Gasteiger partial charge < -0.3 is 15.7 Å². The fourth-order valence-electron chi connectivity index (χ4n) is 2.63. The van der Waals surface area contributed by atoms with Crippen LogP contribution in [0.2, 0.25) is 0 Å². The number of nitrogens with zero attached hydrogens (tertiary/aromatic N) is 2. The summed E-state index contributed by atoms with van der Waals surface area (Å²) >= 11 is 0. The van der Waals surface area contributed by atoms with E-state index in [1.54, 1.807) is 6.07 Å². The molecule has 4 heteroatoms. The zero-order chi connectivity index (χ0) is 12.0. The second kappa shape index (κ2) is 3.39. The van der Waals surface area contributed by atoms with Crippen molar-refractivity contribution in [2.75, 3.05) is 6.54 Å². The fourth-order valence-corrected chi connectivity index (χ4v) is 2.63. The van der Waals surface area contributed by atoms with Crippen LogP contribution in [-0.2, 0) is 5.54 Å². The maximum Gasteiger partial charge on any atom is 0.192 e. The number of rotatable bonds is 2. The molecule has 1 aromatic carbocycles. The molecular formula is C13H17N3O. The Labute approximate surface area is 101 Å². The highest BCUT2D eigenvalue weighted by atomic mass is 16.3. The summed E-state index contributed by atoms with van der Waals surface area (Å²) in [7, 11) is 0. The summed E-state index contributed by atoms with van der Waals surface area (Å²) in [5, 5.41) is 9.61. The number of nitrogens with two attached hydrogens (primary N) is 1. The monoisotopic (exact) mass is 231 g/mol. The van der Waals surface area contributed by atoms with Crippen molar-refractivity contribution >= 4 is 5.96 Å². The molecule has 1 aliphatic carbocycles. The van der Waals surface area contributed by atoms with Gasteiger partial charge in [0.1, 0.15) is 5.75 Å². The Balaban J connectivity index is 2.00. The number of guanidine groups is 1. The number of hydrogen-bond acceptors (Lipinski definition) is 4. The van der Waals surface area contributed by atoms with Crippen molar-refractivity contribution in [1.29, 1.82) is 0 Å². The zero-order valence-electron chi connectivity index (χ0n) is 9.93. The lowest BCUT2D eigenvalue weighted by atomic mass is 9.90. The molecule has 0 spiro atoms. The lowest BCUT2D eigenvalue weighted by molar-refractivity contribution is 0.215. The van der Waals surface area contributed by atoms with Gasteiger partial charge in [-0.1, -0.05) is 12.1 Å². The van der Waals surface area contributed by atoms with Crippen molar-refractivity contribution in [3.8, 4) is 5.75 Å². The molecular weight excluding hydrogens is 214 g/mol. The quantitative estimate of drug-likeness (QED) is 0.808. The van der Waals surface area contributed by atoms with E-state index in [4.69, 9.17) is 5.73 Å². The third-order valence-corrected chi connectivity index (χ3v) is 3.71. The average molecular weight is 231 g/mol. The molecule has 1 saturated carbocycles. The minimum absolute atomic E-state index is 0.204. The van der Waals surface area contributed by atoms with Crippen LogP contribution in [0.5, 0.6) is 5.75 Å². The van der Waals surface area contributed by atoms with Crippen LogP contribution in [-0.4, -0.2) is 28.6 Å². The normalized spacial score (nSPS) is 28.3. The van der Waals surface area contributed by atoms with E-state index in [1.807, 2.05) is 18.2 Å². The molecule has 0 aromatic heterocycles. The molecule has 2 aliphatic rings. The highest BCUT2D eigenvalue weighted by Gasteiger charge is 2.46. The number of phenolic OH excluding ortho intramolecular Hbond substituents is 1. The lowest BCUT2D eigenvalue weighted by Gasteiger charge is -2.37. The van der Waals surface area contributed by atoms with E-state index in [2.05, 4.69) is 16.8 Å². The molecule has 1 heterocycles. The third kappa shape index (κ3) is 1.55. The Morgan fingerprint density at radius 2 is 2.24 bits per heavy atom. The Morgan fingerprint density at radius 3 is 2.88 bits per heavy atom. The lowest BCUT2D eigenvalue weighted by Crippen LogP contribution is -2.48. The zero-order valence-corrected chi connectivity index (χ0v) is 9.93. The van der Waals surface area contributed by atoms with E-state index < -0.39 is 0 Å². The third-order valence-electron chi connectivity index (χ3n) is 3.71. The number of aliphatic imine (C=N–C) groups is 1. The van der Waals surface area contributed by atoms with E-state index in [0.717, 1.165) is 5.56 Å². The highest BCUT2D eigenvalue weighted by molar-refractivity contribution is 5.82. The number of benzene rings is 1. The molecule has 3 N–H and O–H groups in total. The Kier molecular flexibility index (Phi) is 2.08. The molecule has 1 aromatic rings. The van der Waals surface area contributed by atoms with E-state index >= 15 is 0 Å². The maximum absolute atomic E-state index is 9.61. The molecule has 0 bridgehead atoms. The van der Waals surface area contributed by atoms with Crippen LogP contribution in [0, 0.1) is 0 Å². The minimum Gasteiger partial charge on any atom is -0.508 e. The average Bonchev–Trinajstić information content (AvgIpc) is 3.07.